The minimum Gasteiger partial charge on any atom is -0.423 e. The number of nitrogens with zero attached hydrogens (tertiary/aromatic N) is 4. The van der Waals surface area contributed by atoms with Gasteiger partial charge in [-0.3, -0.25) is 4.98 Å². The number of pyridine rings is 1. The Balaban J connectivity index is 1.43. The molecular weight excluding hydrogens is 421 g/mol. The molecule has 2 fully saturated rings. The van der Waals surface area contributed by atoms with Crippen LogP contribution in [-0.4, -0.2) is 32.2 Å². The number of hydrogen-bond donors (Lipinski definition) is 1. The van der Waals surface area contributed by atoms with Gasteiger partial charge >= 0.3 is 6.03 Å². The van der Waals surface area contributed by atoms with Crippen LogP contribution in [0.1, 0.15) is 38.0 Å². The first-order valence-corrected chi connectivity index (χ1v) is 10.5. The second-order valence-electron chi connectivity index (χ2n) is 8.45. The number of likely N-dealkylation sites (tertiary alicyclic amines) is 1. The van der Waals surface area contributed by atoms with Crippen molar-refractivity contribution in [1.82, 2.24) is 20.1 Å². The zero-order chi connectivity index (χ0) is 21.8. The number of nitrogens with one attached hydrogen (secondary N) is 1. The summed E-state index contributed by atoms with van der Waals surface area (Å²) >= 11 is 6.32. The second-order valence-corrected chi connectivity index (χ2v) is 8.85. The van der Waals surface area contributed by atoms with Crippen LogP contribution in [0.15, 0.2) is 41.1 Å². The third-order valence-corrected chi connectivity index (χ3v) is 6.47. The van der Waals surface area contributed by atoms with Gasteiger partial charge in [0.25, 0.3) is 0 Å². The van der Waals surface area contributed by atoms with Gasteiger partial charge < -0.3 is 14.6 Å². The molecule has 1 aliphatic heterocycles. The van der Waals surface area contributed by atoms with Crippen molar-refractivity contribution < 1.29 is 13.6 Å². The summed E-state index contributed by atoms with van der Waals surface area (Å²) in [4.78, 5) is 19.0. The van der Waals surface area contributed by atoms with Crippen LogP contribution in [0.25, 0.3) is 11.1 Å². The van der Waals surface area contributed by atoms with Crippen molar-refractivity contribution in [3.63, 3.8) is 0 Å². The number of rotatable bonds is 3. The minimum atomic E-state index is -0.574. The predicted octanol–water partition coefficient (Wildman–Crippen LogP) is 5.16. The molecule has 2 unspecified atom stereocenters. The van der Waals surface area contributed by atoms with Gasteiger partial charge in [-0.15, -0.1) is 10.2 Å². The molecule has 1 aliphatic carbocycles. The maximum Gasteiger partial charge on any atom is 0.323 e. The van der Waals surface area contributed by atoms with Crippen LogP contribution in [0.2, 0.25) is 5.02 Å². The van der Waals surface area contributed by atoms with Crippen molar-refractivity contribution >= 4 is 23.3 Å². The predicted molar refractivity (Wildman–Crippen MR) is 113 cm³/mol. The lowest BCUT2D eigenvalue weighted by atomic mass is 9.64. The number of fused-ring (bicyclic) bond motifs is 2. The smallest absolute Gasteiger partial charge is 0.323 e. The van der Waals surface area contributed by atoms with E-state index in [1.54, 1.807) is 25.1 Å². The van der Waals surface area contributed by atoms with Crippen LogP contribution in [0.3, 0.4) is 0 Å². The number of benzene rings is 1. The average Bonchev–Trinajstić information content (AvgIpc) is 3.15. The van der Waals surface area contributed by atoms with Crippen LogP contribution in [0, 0.1) is 18.7 Å². The van der Waals surface area contributed by atoms with Gasteiger partial charge in [0.1, 0.15) is 11.4 Å². The first-order valence-electron chi connectivity index (χ1n) is 10.2. The Morgan fingerprint density at radius 3 is 2.87 bits per heavy atom. The number of aryl methyl sites for hydroxylation is 1. The molecule has 1 saturated heterocycles. The minimum absolute atomic E-state index is 0.121. The van der Waals surface area contributed by atoms with Crippen LogP contribution >= 0.6 is 11.6 Å². The van der Waals surface area contributed by atoms with E-state index >= 15 is 0 Å². The van der Waals surface area contributed by atoms with Gasteiger partial charge in [0.05, 0.1) is 6.20 Å². The Labute approximate surface area is 183 Å². The number of aromatic nitrogens is 3. The van der Waals surface area contributed by atoms with Crippen molar-refractivity contribution in [2.45, 2.75) is 44.7 Å². The Bertz CT molecular complexity index is 1170. The molecule has 3 aromatic rings. The Kier molecular flexibility index (Phi) is 4.69. The van der Waals surface area contributed by atoms with Crippen LogP contribution in [0.5, 0.6) is 0 Å². The number of carbonyl (C=O) groups excluding carboxylic acids is 1. The van der Waals surface area contributed by atoms with Gasteiger partial charge in [0.2, 0.25) is 11.8 Å². The fourth-order valence-electron chi connectivity index (χ4n) is 5.00. The van der Waals surface area contributed by atoms with E-state index in [4.69, 9.17) is 16.0 Å². The van der Waals surface area contributed by atoms with Gasteiger partial charge in [-0.1, -0.05) is 18.5 Å². The van der Waals surface area contributed by atoms with Gasteiger partial charge in [-0.25, -0.2) is 9.18 Å². The van der Waals surface area contributed by atoms with Gasteiger partial charge in [0.15, 0.2) is 0 Å². The molecule has 3 heterocycles. The molecule has 0 radical (unpaired) electrons. The van der Waals surface area contributed by atoms with Crippen molar-refractivity contribution in [2.75, 3.05) is 5.32 Å². The normalized spacial score (nSPS) is 24.6. The molecule has 160 valence electrons. The summed E-state index contributed by atoms with van der Waals surface area (Å²) in [6.45, 7) is 3.92. The molecule has 1 saturated carbocycles. The number of amides is 2. The Morgan fingerprint density at radius 2 is 2.13 bits per heavy atom. The average molecular weight is 442 g/mol. The number of piperidine rings is 1. The monoisotopic (exact) mass is 441 g/mol. The van der Waals surface area contributed by atoms with Crippen LogP contribution in [-0.2, 0) is 5.54 Å². The lowest BCUT2D eigenvalue weighted by molar-refractivity contribution is -0.110. The molecule has 0 spiro atoms. The molecule has 1 N–H and O–H groups in total. The summed E-state index contributed by atoms with van der Waals surface area (Å²) in [5.41, 5.74) is 1.11. The molecule has 31 heavy (non-hydrogen) atoms. The number of carbonyl (C=O) groups is 1. The van der Waals surface area contributed by atoms with E-state index in [0.29, 0.717) is 39.5 Å². The van der Waals surface area contributed by atoms with E-state index < -0.39 is 11.4 Å². The summed E-state index contributed by atoms with van der Waals surface area (Å²) in [7, 11) is 0. The van der Waals surface area contributed by atoms with Crippen molar-refractivity contribution in [3.8, 4) is 11.1 Å². The highest BCUT2D eigenvalue weighted by molar-refractivity contribution is 6.33. The third-order valence-electron chi connectivity index (χ3n) is 6.14. The summed E-state index contributed by atoms with van der Waals surface area (Å²) in [6.07, 6.45) is 5.19. The maximum absolute atomic E-state index is 13.6. The highest BCUT2D eigenvalue weighted by Gasteiger charge is 2.62. The second kappa shape index (κ2) is 7.30. The summed E-state index contributed by atoms with van der Waals surface area (Å²) in [5, 5.41) is 11.6. The van der Waals surface area contributed by atoms with Crippen LogP contribution < -0.4 is 5.32 Å². The van der Waals surface area contributed by atoms with Gasteiger partial charge in [-0.05, 0) is 43.0 Å². The summed E-state index contributed by atoms with van der Waals surface area (Å²) < 4.78 is 19.4. The van der Waals surface area contributed by atoms with Crippen molar-refractivity contribution in [3.05, 3.63) is 59.3 Å². The summed E-state index contributed by atoms with van der Waals surface area (Å²) in [5.74, 6) is 0.975. The molecule has 1 aromatic carbocycles. The SMILES string of the molecule is Cc1nnc(C23CC(C[C@@H](C)C2)N3C(=O)Nc2ccc(Cl)c(-c3cncc(F)c3)c2)o1. The molecular formula is C22H21ClFN5O2. The number of halogens is 2. The van der Waals surface area contributed by atoms with Gasteiger partial charge in [-0.2, -0.15) is 0 Å². The Hall–Kier alpha value is -3.00. The quantitative estimate of drug-likeness (QED) is 0.606. The molecule has 3 atom stereocenters. The zero-order valence-corrected chi connectivity index (χ0v) is 17.9. The fourth-order valence-corrected chi connectivity index (χ4v) is 5.23. The van der Waals surface area contributed by atoms with Crippen molar-refractivity contribution in [2.24, 2.45) is 5.92 Å². The Morgan fingerprint density at radius 1 is 1.29 bits per heavy atom. The topological polar surface area (TPSA) is 84.2 Å². The van der Waals surface area contributed by atoms with E-state index in [0.717, 1.165) is 25.5 Å². The lowest BCUT2D eigenvalue weighted by Gasteiger charge is -2.61. The molecule has 2 aliphatic rings. The molecule has 9 heteroatoms. The number of anilines is 1. The fraction of sp³-hybridized carbons (Fsp3) is 0.364. The maximum atomic E-state index is 13.6. The van der Waals surface area contributed by atoms with E-state index in [-0.39, 0.29) is 12.1 Å². The summed E-state index contributed by atoms with van der Waals surface area (Å²) in [6, 6.07) is 6.36. The van der Waals surface area contributed by atoms with E-state index in [1.807, 2.05) is 4.90 Å². The van der Waals surface area contributed by atoms with Crippen LogP contribution in [0.4, 0.5) is 14.9 Å². The largest absolute Gasteiger partial charge is 0.423 e. The first-order chi connectivity index (χ1) is 14.9. The standard InChI is InChI=1S/C22H21ClFN5O2/c1-12-5-17-9-22(8-12,20-28-27-13(2)31-20)29(17)21(30)26-16-3-4-19(23)18(7-16)14-6-15(24)11-25-10-14/h3-4,6-7,10-12,17H,5,8-9H2,1-2H3,(H,26,30)/t12-,17?,22?/m1/s1. The van der Waals surface area contributed by atoms with Gasteiger partial charge in [0, 0.05) is 47.4 Å². The molecule has 7 nitrogen and oxygen atoms in total. The highest BCUT2D eigenvalue weighted by Crippen LogP contribution is 2.55. The van der Waals surface area contributed by atoms with Crippen molar-refractivity contribution in [1.29, 1.82) is 0 Å². The molecule has 2 bridgehead atoms. The molecule has 5 rings (SSSR count). The third kappa shape index (κ3) is 3.35. The van der Waals surface area contributed by atoms with E-state index in [9.17, 15) is 9.18 Å². The molecule has 2 aromatic heterocycles. The zero-order valence-electron chi connectivity index (χ0n) is 17.1. The van der Waals surface area contributed by atoms with E-state index in [1.165, 1.54) is 12.3 Å². The number of hydrogen-bond acceptors (Lipinski definition) is 5. The highest BCUT2D eigenvalue weighted by atomic mass is 35.5. The van der Waals surface area contributed by atoms with E-state index in [2.05, 4.69) is 27.4 Å². The molecule has 2 amide bonds. The number of urea groups is 1. The first kappa shape index (κ1) is 19.9. The lowest BCUT2D eigenvalue weighted by Crippen LogP contribution is -2.70.